The van der Waals surface area contributed by atoms with Crippen molar-refractivity contribution in [1.82, 2.24) is 4.98 Å². The Bertz CT molecular complexity index is 640. The molecule has 0 aliphatic rings. The minimum absolute atomic E-state index is 0.00562. The van der Waals surface area contributed by atoms with E-state index in [1.54, 1.807) is 13.1 Å². The van der Waals surface area contributed by atoms with Gasteiger partial charge in [-0.3, -0.25) is 4.98 Å². The van der Waals surface area contributed by atoms with Crippen LogP contribution in [0.2, 0.25) is 0 Å². The second kappa shape index (κ2) is 6.41. The predicted octanol–water partition coefficient (Wildman–Crippen LogP) is 2.76. The smallest absolute Gasteiger partial charge is 0.435 e. The molecular weight excluding hydrogens is 242 g/mol. The predicted molar refractivity (Wildman–Crippen MR) is 71.6 cm³/mol. The van der Waals surface area contributed by atoms with Crippen molar-refractivity contribution < 1.29 is 14.3 Å². The van der Waals surface area contributed by atoms with Gasteiger partial charge < -0.3 is 9.47 Å². The van der Waals surface area contributed by atoms with Crippen molar-refractivity contribution in [2.75, 3.05) is 13.2 Å². The molecule has 1 aromatic carbocycles. The number of hydrogen-bond acceptors (Lipinski definition) is 4. The van der Waals surface area contributed by atoms with E-state index >= 15 is 0 Å². The number of hydrogen-bond donors (Lipinski definition) is 0. The molecule has 0 atom stereocenters. The second-order valence-electron chi connectivity index (χ2n) is 3.69. The first kappa shape index (κ1) is 12.9. The minimum atomic E-state index is -0.701. The molecule has 0 aliphatic carbocycles. The monoisotopic (exact) mass is 255 g/mol. The SMILES string of the molecule is CCOC(=O)OCC#Cc1cnc2ccccc2c1. The molecule has 1 heterocycles. The Morgan fingerprint density at radius 3 is 3.00 bits per heavy atom. The van der Waals surface area contributed by atoms with Crippen LogP contribution in [0.25, 0.3) is 10.9 Å². The normalized spacial score (nSPS) is 9.53. The molecule has 0 N–H and O–H groups in total. The van der Waals surface area contributed by atoms with Gasteiger partial charge in [-0.1, -0.05) is 30.0 Å². The van der Waals surface area contributed by atoms with Crippen molar-refractivity contribution >= 4 is 17.1 Å². The van der Waals surface area contributed by atoms with Crippen LogP contribution in [0.3, 0.4) is 0 Å². The summed E-state index contributed by atoms with van der Waals surface area (Å²) < 4.78 is 9.35. The summed E-state index contributed by atoms with van der Waals surface area (Å²) in [6, 6.07) is 9.75. The standard InChI is InChI=1S/C15H13NO3/c1-2-18-15(17)19-9-5-6-12-10-13-7-3-4-8-14(13)16-11-12/h3-4,7-8,10-11H,2,9H2,1H3. The van der Waals surface area contributed by atoms with Crippen molar-refractivity contribution in [3.8, 4) is 11.8 Å². The molecule has 0 aliphatic heterocycles. The second-order valence-corrected chi connectivity index (χ2v) is 3.69. The van der Waals surface area contributed by atoms with Gasteiger partial charge in [0.05, 0.1) is 12.1 Å². The number of nitrogens with zero attached hydrogens (tertiary/aromatic N) is 1. The number of benzene rings is 1. The molecule has 19 heavy (non-hydrogen) atoms. The minimum Gasteiger partial charge on any atom is -0.435 e. The van der Waals surface area contributed by atoms with E-state index in [4.69, 9.17) is 4.74 Å². The van der Waals surface area contributed by atoms with E-state index in [1.807, 2.05) is 30.3 Å². The maximum atomic E-state index is 10.9. The summed E-state index contributed by atoms with van der Waals surface area (Å²) in [5.74, 6) is 5.63. The van der Waals surface area contributed by atoms with Gasteiger partial charge in [0.2, 0.25) is 0 Å². The Balaban J connectivity index is 2.00. The lowest BCUT2D eigenvalue weighted by Gasteiger charge is -1.99. The topological polar surface area (TPSA) is 48.4 Å². The van der Waals surface area contributed by atoms with Gasteiger partial charge in [0.15, 0.2) is 6.61 Å². The summed E-state index contributed by atoms with van der Waals surface area (Å²) >= 11 is 0. The lowest BCUT2D eigenvalue weighted by Crippen LogP contribution is -2.06. The quantitative estimate of drug-likeness (QED) is 0.611. The number of pyridine rings is 1. The number of ether oxygens (including phenoxy) is 2. The fourth-order valence-corrected chi connectivity index (χ4v) is 1.53. The van der Waals surface area contributed by atoms with Gasteiger partial charge in [0.1, 0.15) is 0 Å². The molecule has 0 unspecified atom stereocenters. The average molecular weight is 255 g/mol. The number of fused-ring (bicyclic) bond motifs is 1. The number of rotatable bonds is 2. The summed E-state index contributed by atoms with van der Waals surface area (Å²) in [5.41, 5.74) is 1.71. The van der Waals surface area contributed by atoms with Gasteiger partial charge in [-0.25, -0.2) is 4.79 Å². The van der Waals surface area contributed by atoms with E-state index in [0.717, 1.165) is 16.5 Å². The number of carbonyl (C=O) groups is 1. The molecule has 2 rings (SSSR count). The van der Waals surface area contributed by atoms with E-state index in [1.165, 1.54) is 0 Å². The highest BCUT2D eigenvalue weighted by atomic mass is 16.7. The third-order valence-electron chi connectivity index (χ3n) is 2.35. The van der Waals surface area contributed by atoms with Crippen LogP contribution in [-0.4, -0.2) is 24.4 Å². The molecule has 0 radical (unpaired) electrons. The van der Waals surface area contributed by atoms with Gasteiger partial charge in [-0.2, -0.15) is 0 Å². The zero-order valence-corrected chi connectivity index (χ0v) is 10.6. The Kier molecular flexibility index (Phi) is 4.35. The van der Waals surface area contributed by atoms with Gasteiger partial charge in [-0.15, -0.1) is 0 Å². The maximum Gasteiger partial charge on any atom is 0.509 e. The molecule has 1 aromatic heterocycles. The molecule has 4 heteroatoms. The zero-order valence-electron chi connectivity index (χ0n) is 10.6. The lowest BCUT2D eigenvalue weighted by molar-refractivity contribution is 0.0687. The Morgan fingerprint density at radius 1 is 1.32 bits per heavy atom. The van der Waals surface area contributed by atoms with Crippen LogP contribution in [0.15, 0.2) is 36.5 Å². The van der Waals surface area contributed by atoms with Crippen LogP contribution in [-0.2, 0) is 9.47 Å². The highest BCUT2D eigenvalue weighted by Crippen LogP contribution is 2.11. The summed E-state index contributed by atoms with van der Waals surface area (Å²) in [6.07, 6.45) is 0.994. The van der Waals surface area contributed by atoms with Crippen LogP contribution in [0, 0.1) is 11.8 Å². The van der Waals surface area contributed by atoms with E-state index < -0.39 is 6.16 Å². The lowest BCUT2D eigenvalue weighted by atomic mass is 10.2. The summed E-state index contributed by atoms with van der Waals surface area (Å²) in [7, 11) is 0. The first-order valence-corrected chi connectivity index (χ1v) is 5.93. The molecule has 96 valence electrons. The molecule has 4 nitrogen and oxygen atoms in total. The molecular formula is C15H13NO3. The van der Waals surface area contributed by atoms with Gasteiger partial charge in [-0.05, 0) is 19.1 Å². The van der Waals surface area contributed by atoms with E-state index in [2.05, 4.69) is 21.6 Å². The van der Waals surface area contributed by atoms with Crippen LogP contribution >= 0.6 is 0 Å². The average Bonchev–Trinajstić information content (AvgIpc) is 2.44. The Morgan fingerprint density at radius 2 is 2.16 bits per heavy atom. The Labute approximate surface area is 111 Å². The summed E-state index contributed by atoms with van der Waals surface area (Å²) in [6.45, 7) is 2.01. The highest BCUT2D eigenvalue weighted by Gasteiger charge is 1.98. The van der Waals surface area contributed by atoms with Gasteiger partial charge in [0.25, 0.3) is 0 Å². The third kappa shape index (κ3) is 3.71. The maximum absolute atomic E-state index is 10.9. The van der Waals surface area contributed by atoms with E-state index in [9.17, 15) is 4.79 Å². The fraction of sp³-hybridized carbons (Fsp3) is 0.200. The summed E-state index contributed by atoms with van der Waals surface area (Å²) in [4.78, 5) is 15.2. The molecule has 0 bridgehead atoms. The zero-order chi connectivity index (χ0) is 13.5. The van der Waals surface area contributed by atoms with E-state index in [0.29, 0.717) is 6.61 Å². The number of carbonyl (C=O) groups excluding carboxylic acids is 1. The molecule has 2 aromatic rings. The van der Waals surface area contributed by atoms with Gasteiger partial charge in [0, 0.05) is 17.1 Å². The van der Waals surface area contributed by atoms with Crippen molar-refractivity contribution in [1.29, 1.82) is 0 Å². The van der Waals surface area contributed by atoms with E-state index in [-0.39, 0.29) is 6.61 Å². The van der Waals surface area contributed by atoms with Crippen LogP contribution in [0.5, 0.6) is 0 Å². The van der Waals surface area contributed by atoms with Crippen molar-refractivity contribution in [2.45, 2.75) is 6.92 Å². The van der Waals surface area contributed by atoms with Crippen LogP contribution in [0.1, 0.15) is 12.5 Å². The van der Waals surface area contributed by atoms with Crippen molar-refractivity contribution in [2.24, 2.45) is 0 Å². The molecule has 0 saturated carbocycles. The number of aromatic nitrogens is 1. The molecule has 0 saturated heterocycles. The largest absolute Gasteiger partial charge is 0.509 e. The number of para-hydroxylation sites is 1. The first-order chi connectivity index (χ1) is 9.29. The van der Waals surface area contributed by atoms with Crippen molar-refractivity contribution in [3.63, 3.8) is 0 Å². The highest BCUT2D eigenvalue weighted by molar-refractivity contribution is 5.79. The summed E-state index contributed by atoms with van der Waals surface area (Å²) in [5, 5.41) is 1.03. The molecule has 0 spiro atoms. The van der Waals surface area contributed by atoms with Crippen LogP contribution < -0.4 is 0 Å². The molecule has 0 fully saturated rings. The molecule has 0 amide bonds. The van der Waals surface area contributed by atoms with Gasteiger partial charge >= 0.3 is 6.16 Å². The third-order valence-corrected chi connectivity index (χ3v) is 2.35. The first-order valence-electron chi connectivity index (χ1n) is 5.93. The fourth-order valence-electron chi connectivity index (χ4n) is 1.53. The van der Waals surface area contributed by atoms with Crippen LogP contribution in [0.4, 0.5) is 4.79 Å². The van der Waals surface area contributed by atoms with Crippen molar-refractivity contribution in [3.05, 3.63) is 42.1 Å². The Hall–Kier alpha value is -2.54.